The van der Waals surface area contributed by atoms with Crippen molar-refractivity contribution in [2.45, 2.75) is 18.5 Å². The Morgan fingerprint density at radius 3 is 1.94 bits per heavy atom. The van der Waals surface area contributed by atoms with Crippen molar-refractivity contribution < 1.29 is 0 Å². The maximum absolute atomic E-state index is 9.49. The van der Waals surface area contributed by atoms with Gasteiger partial charge in [0, 0.05) is 0 Å². The van der Waals surface area contributed by atoms with Gasteiger partial charge in [-0.2, -0.15) is 31.6 Å². The standard InChI is InChI=1S/C19H12N12/c1-19(11-25,18(27)10-24)31-16-7-14(29-5-3-21)13(28-4-2-20)6-15(16)30-17(9-23)12(26)8-22/h4-7,17,26-27,30-31H,1H3/b26-12?,27-18?,28-4+,29-5+. The Hall–Kier alpha value is -5.56. The van der Waals surface area contributed by atoms with Crippen LogP contribution < -0.4 is 10.6 Å². The van der Waals surface area contributed by atoms with E-state index in [1.165, 1.54) is 19.1 Å². The summed E-state index contributed by atoms with van der Waals surface area (Å²) in [5, 5.41) is 75.0. The molecule has 1 aromatic rings. The molecular weight excluding hydrogens is 396 g/mol. The molecule has 0 bridgehead atoms. The minimum atomic E-state index is -1.77. The molecule has 0 saturated heterocycles. The molecule has 148 valence electrons. The number of rotatable bonds is 8. The summed E-state index contributed by atoms with van der Waals surface area (Å²) in [5.74, 6) is 0. The fraction of sp³-hybridized carbons (Fsp3) is 0.158. The third-order valence-corrected chi connectivity index (χ3v) is 3.70. The molecule has 0 radical (unpaired) electrons. The molecule has 0 spiro atoms. The molecule has 2 atom stereocenters. The Kier molecular flexibility index (Phi) is 8.10. The third kappa shape index (κ3) is 5.71. The van der Waals surface area contributed by atoms with Gasteiger partial charge in [0.1, 0.15) is 48.1 Å². The number of anilines is 2. The zero-order valence-corrected chi connectivity index (χ0v) is 16.0. The number of benzene rings is 1. The van der Waals surface area contributed by atoms with E-state index in [0.717, 1.165) is 12.4 Å². The summed E-state index contributed by atoms with van der Waals surface area (Å²) in [6.07, 6.45) is 1.81. The van der Waals surface area contributed by atoms with Crippen LogP contribution in [0.1, 0.15) is 6.92 Å². The van der Waals surface area contributed by atoms with E-state index in [1.807, 2.05) is 6.07 Å². The zero-order chi connectivity index (χ0) is 23.4. The minimum Gasteiger partial charge on any atom is -0.363 e. The highest BCUT2D eigenvalue weighted by molar-refractivity contribution is 6.08. The first-order valence-corrected chi connectivity index (χ1v) is 8.15. The number of hydrogen-bond acceptors (Lipinski definition) is 12. The maximum Gasteiger partial charge on any atom is 0.174 e. The van der Waals surface area contributed by atoms with Gasteiger partial charge in [-0.1, -0.05) is 0 Å². The zero-order valence-electron chi connectivity index (χ0n) is 16.0. The van der Waals surface area contributed by atoms with Crippen molar-refractivity contribution in [3.63, 3.8) is 0 Å². The van der Waals surface area contributed by atoms with Gasteiger partial charge in [-0.05, 0) is 19.1 Å². The molecule has 2 unspecified atom stereocenters. The van der Waals surface area contributed by atoms with Crippen molar-refractivity contribution >= 4 is 46.6 Å². The van der Waals surface area contributed by atoms with Crippen molar-refractivity contribution in [2.24, 2.45) is 9.98 Å². The van der Waals surface area contributed by atoms with Crippen molar-refractivity contribution in [2.75, 3.05) is 10.6 Å². The molecule has 0 amide bonds. The van der Waals surface area contributed by atoms with Gasteiger partial charge in [0.25, 0.3) is 0 Å². The highest BCUT2D eigenvalue weighted by atomic mass is 15.0. The van der Waals surface area contributed by atoms with Crippen LogP contribution in [0.25, 0.3) is 0 Å². The molecule has 0 heterocycles. The number of nitriles is 6. The van der Waals surface area contributed by atoms with E-state index in [2.05, 4.69) is 20.6 Å². The minimum absolute atomic E-state index is 0.0658. The molecule has 1 aromatic carbocycles. The molecule has 31 heavy (non-hydrogen) atoms. The molecule has 12 heteroatoms. The van der Waals surface area contributed by atoms with Crippen molar-refractivity contribution in [3.8, 4) is 36.4 Å². The number of nitrogens with zero attached hydrogens (tertiary/aromatic N) is 8. The SMILES string of the molecule is CC(C#N)(Nc1cc(/N=C/C#N)c(/N=C/C#N)cc1NC(C#N)C(=N)C#N)C(=N)C#N. The predicted octanol–water partition coefficient (Wildman–Crippen LogP) is 2.22. The summed E-state index contributed by atoms with van der Waals surface area (Å²) in [6.45, 7) is 1.28. The molecule has 0 aliphatic heterocycles. The lowest BCUT2D eigenvalue weighted by molar-refractivity contribution is 0.862. The second-order valence-corrected chi connectivity index (χ2v) is 5.74. The quantitative estimate of drug-likeness (QED) is 0.463. The summed E-state index contributed by atoms with van der Waals surface area (Å²) < 4.78 is 0. The van der Waals surface area contributed by atoms with Crippen LogP contribution in [0.15, 0.2) is 22.1 Å². The molecule has 0 saturated carbocycles. The molecule has 0 fully saturated rings. The second kappa shape index (κ2) is 10.7. The van der Waals surface area contributed by atoms with Crippen LogP contribution in [-0.2, 0) is 0 Å². The molecule has 1 rings (SSSR count). The van der Waals surface area contributed by atoms with Gasteiger partial charge in [-0.15, -0.1) is 0 Å². The Labute approximate surface area is 177 Å². The van der Waals surface area contributed by atoms with Gasteiger partial charge in [0.2, 0.25) is 0 Å². The van der Waals surface area contributed by atoms with Crippen LogP contribution in [0, 0.1) is 78.8 Å². The third-order valence-electron chi connectivity index (χ3n) is 3.70. The number of nitrogens with one attached hydrogen (secondary N) is 4. The highest BCUT2D eigenvalue weighted by Crippen LogP contribution is 2.38. The second-order valence-electron chi connectivity index (χ2n) is 5.74. The predicted molar refractivity (Wildman–Crippen MR) is 111 cm³/mol. The van der Waals surface area contributed by atoms with E-state index in [-0.39, 0.29) is 22.7 Å². The summed E-state index contributed by atoms with van der Waals surface area (Å²) >= 11 is 0. The first-order valence-electron chi connectivity index (χ1n) is 8.15. The van der Waals surface area contributed by atoms with Gasteiger partial charge >= 0.3 is 0 Å². The molecular formula is C19H12N12. The summed E-state index contributed by atoms with van der Waals surface area (Å²) in [6, 6.07) is 11.3. The van der Waals surface area contributed by atoms with E-state index >= 15 is 0 Å². The monoisotopic (exact) mass is 408 g/mol. The van der Waals surface area contributed by atoms with Crippen molar-refractivity contribution in [1.82, 2.24) is 0 Å². The van der Waals surface area contributed by atoms with Gasteiger partial charge in [0.05, 0.1) is 34.9 Å². The Balaban J connectivity index is 3.78. The van der Waals surface area contributed by atoms with Crippen molar-refractivity contribution in [3.05, 3.63) is 12.1 Å². The smallest absolute Gasteiger partial charge is 0.174 e. The maximum atomic E-state index is 9.49. The van der Waals surface area contributed by atoms with E-state index in [9.17, 15) is 10.5 Å². The van der Waals surface area contributed by atoms with E-state index in [1.54, 1.807) is 30.3 Å². The molecule has 0 aliphatic carbocycles. The molecule has 0 aliphatic rings. The fourth-order valence-electron chi connectivity index (χ4n) is 2.12. The lowest BCUT2D eigenvalue weighted by Gasteiger charge is -2.25. The van der Waals surface area contributed by atoms with Crippen LogP contribution >= 0.6 is 0 Å². The van der Waals surface area contributed by atoms with E-state index in [0.29, 0.717) is 0 Å². The Morgan fingerprint density at radius 2 is 1.52 bits per heavy atom. The largest absolute Gasteiger partial charge is 0.363 e. The van der Waals surface area contributed by atoms with E-state index < -0.39 is 23.0 Å². The van der Waals surface area contributed by atoms with Crippen LogP contribution in [0.4, 0.5) is 22.7 Å². The molecule has 0 aromatic heterocycles. The lowest BCUT2D eigenvalue weighted by atomic mass is 9.97. The molecule has 12 nitrogen and oxygen atoms in total. The first kappa shape index (κ1) is 23.5. The van der Waals surface area contributed by atoms with Gasteiger partial charge < -0.3 is 10.6 Å². The lowest BCUT2D eigenvalue weighted by Crippen LogP contribution is -2.41. The van der Waals surface area contributed by atoms with Crippen LogP contribution in [0.3, 0.4) is 0 Å². The fourth-order valence-corrected chi connectivity index (χ4v) is 2.12. The van der Waals surface area contributed by atoms with Crippen molar-refractivity contribution in [1.29, 1.82) is 42.4 Å². The Bertz CT molecular complexity index is 1210. The van der Waals surface area contributed by atoms with Gasteiger partial charge in [-0.25, -0.2) is 9.98 Å². The number of aliphatic imine (C=N–C) groups is 2. The van der Waals surface area contributed by atoms with E-state index in [4.69, 9.17) is 31.9 Å². The van der Waals surface area contributed by atoms with Crippen LogP contribution in [0.2, 0.25) is 0 Å². The summed E-state index contributed by atoms with van der Waals surface area (Å²) in [4.78, 5) is 7.82. The first-order chi connectivity index (χ1) is 14.8. The molecule has 4 N–H and O–H groups in total. The van der Waals surface area contributed by atoms with Crippen LogP contribution in [0.5, 0.6) is 0 Å². The summed E-state index contributed by atoms with van der Waals surface area (Å²) in [7, 11) is 0. The van der Waals surface area contributed by atoms with Gasteiger partial charge in [0.15, 0.2) is 11.6 Å². The summed E-state index contributed by atoms with van der Waals surface area (Å²) in [5.41, 5.74) is -2.64. The van der Waals surface area contributed by atoms with Gasteiger partial charge in [-0.3, -0.25) is 10.8 Å². The highest BCUT2D eigenvalue weighted by Gasteiger charge is 2.31. The normalized spacial score (nSPS) is 12.6. The average Bonchev–Trinajstić information content (AvgIpc) is 2.79. The number of hydrogen-bond donors (Lipinski definition) is 4. The topological polar surface area (TPSA) is 239 Å². The average molecular weight is 408 g/mol. The Morgan fingerprint density at radius 1 is 0.968 bits per heavy atom. The van der Waals surface area contributed by atoms with Crippen LogP contribution in [-0.4, -0.2) is 35.4 Å².